The number of nitrogens with zero attached hydrogens (tertiary/aromatic N) is 1. The van der Waals surface area contributed by atoms with Gasteiger partial charge in [-0.15, -0.1) is 0 Å². The van der Waals surface area contributed by atoms with Gasteiger partial charge in [-0.25, -0.2) is 0 Å². The molecule has 0 saturated carbocycles. The molecule has 3 nitrogen and oxygen atoms in total. The van der Waals surface area contributed by atoms with E-state index in [1.54, 1.807) is 6.20 Å². The molecule has 0 saturated heterocycles. The van der Waals surface area contributed by atoms with Gasteiger partial charge in [-0.05, 0) is 18.2 Å². The Morgan fingerprint density at radius 2 is 1.53 bits per heavy atom. The zero-order valence-corrected chi connectivity index (χ0v) is 13.1. The van der Waals surface area contributed by atoms with Gasteiger partial charge < -0.3 is 4.74 Å². The second kappa shape index (κ2) is 14.5. The first-order chi connectivity index (χ1) is 9.42. The average Bonchev–Trinajstić information content (AvgIpc) is 2.54. The SMILES string of the molecule is CC.CC.CC.NCOc1ccnc2ccccc12. The number of benzene rings is 1. The maximum Gasteiger partial charge on any atom is 0.137 e. The molecule has 0 aliphatic rings. The topological polar surface area (TPSA) is 48.1 Å². The number of pyridine rings is 1. The van der Waals surface area contributed by atoms with Gasteiger partial charge in [-0.1, -0.05) is 53.7 Å². The molecule has 2 rings (SSSR count). The first-order valence-electron chi connectivity index (χ1n) is 7.08. The van der Waals surface area contributed by atoms with Crippen LogP contribution in [0.5, 0.6) is 5.75 Å². The Morgan fingerprint density at radius 3 is 2.11 bits per heavy atom. The minimum atomic E-state index is 0.188. The fraction of sp³-hybridized carbons (Fsp3) is 0.438. The van der Waals surface area contributed by atoms with Crippen molar-refractivity contribution >= 4 is 10.9 Å². The van der Waals surface area contributed by atoms with Gasteiger partial charge in [0.05, 0.1) is 5.52 Å². The molecule has 0 aliphatic heterocycles. The summed E-state index contributed by atoms with van der Waals surface area (Å²) in [5.74, 6) is 0.785. The van der Waals surface area contributed by atoms with Crippen molar-refractivity contribution in [2.45, 2.75) is 41.5 Å². The van der Waals surface area contributed by atoms with Crippen LogP contribution in [0.1, 0.15) is 41.5 Å². The number of fused-ring (bicyclic) bond motifs is 1. The van der Waals surface area contributed by atoms with Gasteiger partial charge in [0.15, 0.2) is 0 Å². The molecule has 1 aromatic heterocycles. The normalized spacial score (nSPS) is 7.95. The zero-order chi connectivity index (χ0) is 15.1. The second-order valence-corrected chi connectivity index (χ2v) is 2.64. The number of hydrogen-bond donors (Lipinski definition) is 1. The van der Waals surface area contributed by atoms with E-state index in [1.807, 2.05) is 71.9 Å². The summed E-state index contributed by atoms with van der Waals surface area (Å²) in [5, 5.41) is 0.996. The highest BCUT2D eigenvalue weighted by Gasteiger charge is 1.99. The van der Waals surface area contributed by atoms with Crippen molar-refractivity contribution in [1.82, 2.24) is 4.98 Å². The lowest BCUT2D eigenvalue weighted by Gasteiger charge is -2.05. The predicted octanol–water partition coefficient (Wildman–Crippen LogP) is 4.61. The number of nitrogens with two attached hydrogens (primary N) is 1. The van der Waals surface area contributed by atoms with Crippen LogP contribution in [0.3, 0.4) is 0 Å². The molecule has 0 unspecified atom stereocenters. The molecule has 19 heavy (non-hydrogen) atoms. The lowest BCUT2D eigenvalue weighted by atomic mass is 10.2. The fourth-order valence-corrected chi connectivity index (χ4v) is 1.29. The van der Waals surface area contributed by atoms with Gasteiger partial charge in [0.25, 0.3) is 0 Å². The third-order valence-electron chi connectivity index (χ3n) is 1.85. The van der Waals surface area contributed by atoms with E-state index in [2.05, 4.69) is 4.98 Å². The van der Waals surface area contributed by atoms with Crippen LogP contribution < -0.4 is 10.5 Å². The smallest absolute Gasteiger partial charge is 0.137 e. The molecular weight excluding hydrogens is 236 g/mol. The molecule has 0 atom stereocenters. The van der Waals surface area contributed by atoms with Crippen LogP contribution in [0, 0.1) is 0 Å². The van der Waals surface area contributed by atoms with Gasteiger partial charge >= 0.3 is 0 Å². The zero-order valence-electron chi connectivity index (χ0n) is 13.1. The van der Waals surface area contributed by atoms with Crippen molar-refractivity contribution in [1.29, 1.82) is 0 Å². The van der Waals surface area contributed by atoms with Gasteiger partial charge in [-0.3, -0.25) is 10.7 Å². The minimum absolute atomic E-state index is 0.188. The Morgan fingerprint density at radius 1 is 0.947 bits per heavy atom. The first-order valence-corrected chi connectivity index (χ1v) is 7.08. The maximum absolute atomic E-state index is 5.31. The van der Waals surface area contributed by atoms with Crippen LogP contribution in [0.2, 0.25) is 0 Å². The van der Waals surface area contributed by atoms with Crippen molar-refractivity contribution in [3.63, 3.8) is 0 Å². The van der Waals surface area contributed by atoms with Gasteiger partial charge in [-0.2, -0.15) is 0 Å². The van der Waals surface area contributed by atoms with E-state index in [0.29, 0.717) is 0 Å². The van der Waals surface area contributed by atoms with Crippen LogP contribution in [0.15, 0.2) is 36.5 Å². The molecular formula is C16H28N2O. The third-order valence-corrected chi connectivity index (χ3v) is 1.85. The molecule has 2 N–H and O–H groups in total. The van der Waals surface area contributed by atoms with Gasteiger partial charge in [0.2, 0.25) is 0 Å². The lowest BCUT2D eigenvalue weighted by Crippen LogP contribution is -2.07. The van der Waals surface area contributed by atoms with Crippen LogP contribution in [-0.4, -0.2) is 11.7 Å². The van der Waals surface area contributed by atoms with Crippen molar-refractivity contribution in [3.05, 3.63) is 36.5 Å². The fourth-order valence-electron chi connectivity index (χ4n) is 1.29. The maximum atomic E-state index is 5.31. The van der Waals surface area contributed by atoms with Crippen LogP contribution in [0.4, 0.5) is 0 Å². The van der Waals surface area contributed by atoms with E-state index in [0.717, 1.165) is 16.7 Å². The average molecular weight is 264 g/mol. The molecule has 0 amide bonds. The summed E-state index contributed by atoms with van der Waals surface area (Å²) >= 11 is 0. The Balaban J connectivity index is 0. The largest absolute Gasteiger partial charge is 0.478 e. The predicted molar refractivity (Wildman–Crippen MR) is 85.5 cm³/mol. The molecule has 0 aliphatic carbocycles. The summed E-state index contributed by atoms with van der Waals surface area (Å²) in [5.41, 5.74) is 6.23. The Labute approximate surface area is 117 Å². The van der Waals surface area contributed by atoms with E-state index in [4.69, 9.17) is 10.5 Å². The van der Waals surface area contributed by atoms with E-state index in [1.165, 1.54) is 0 Å². The molecule has 3 heteroatoms. The Bertz CT molecular complexity index is 411. The van der Waals surface area contributed by atoms with E-state index in [-0.39, 0.29) is 6.73 Å². The number of aromatic nitrogens is 1. The van der Waals surface area contributed by atoms with Crippen molar-refractivity contribution in [2.24, 2.45) is 5.73 Å². The molecule has 0 fully saturated rings. The van der Waals surface area contributed by atoms with Crippen molar-refractivity contribution in [2.75, 3.05) is 6.73 Å². The highest BCUT2D eigenvalue weighted by atomic mass is 16.5. The first kappa shape index (κ1) is 19.7. The summed E-state index contributed by atoms with van der Waals surface area (Å²) in [4.78, 5) is 4.20. The lowest BCUT2D eigenvalue weighted by molar-refractivity contribution is 0.333. The van der Waals surface area contributed by atoms with Crippen molar-refractivity contribution < 1.29 is 4.74 Å². The summed E-state index contributed by atoms with van der Waals surface area (Å²) in [6.07, 6.45) is 1.72. The third kappa shape index (κ3) is 6.77. The standard InChI is InChI=1S/C10H10N2O.3C2H6/c11-7-13-10-5-6-12-9-4-2-1-3-8(9)10;3*1-2/h1-6H,7,11H2;3*1-2H3. The Hall–Kier alpha value is -1.61. The number of hydrogen-bond acceptors (Lipinski definition) is 3. The molecule has 0 spiro atoms. The molecule has 1 aromatic carbocycles. The summed E-state index contributed by atoms with van der Waals surface area (Å²) < 4.78 is 5.26. The number of para-hydroxylation sites is 1. The summed E-state index contributed by atoms with van der Waals surface area (Å²) in [6.45, 7) is 12.2. The van der Waals surface area contributed by atoms with Crippen molar-refractivity contribution in [3.8, 4) is 5.75 Å². The molecule has 108 valence electrons. The quantitative estimate of drug-likeness (QED) is 0.806. The number of ether oxygens (including phenoxy) is 1. The monoisotopic (exact) mass is 264 g/mol. The van der Waals surface area contributed by atoms with E-state index < -0.39 is 0 Å². The second-order valence-electron chi connectivity index (χ2n) is 2.64. The molecule has 0 radical (unpaired) electrons. The summed E-state index contributed by atoms with van der Waals surface area (Å²) in [7, 11) is 0. The molecule has 1 heterocycles. The summed E-state index contributed by atoms with van der Waals surface area (Å²) in [6, 6.07) is 9.62. The number of rotatable bonds is 2. The Kier molecular flexibility index (Phi) is 15.0. The van der Waals surface area contributed by atoms with Crippen LogP contribution in [0.25, 0.3) is 10.9 Å². The van der Waals surface area contributed by atoms with Crippen LogP contribution >= 0.6 is 0 Å². The molecule has 2 aromatic rings. The van der Waals surface area contributed by atoms with E-state index in [9.17, 15) is 0 Å². The minimum Gasteiger partial charge on any atom is -0.478 e. The highest BCUT2D eigenvalue weighted by molar-refractivity contribution is 5.84. The molecule has 0 bridgehead atoms. The van der Waals surface area contributed by atoms with Gasteiger partial charge in [0.1, 0.15) is 12.5 Å². The van der Waals surface area contributed by atoms with Crippen LogP contribution in [-0.2, 0) is 0 Å². The van der Waals surface area contributed by atoms with Gasteiger partial charge in [0, 0.05) is 11.6 Å². The highest BCUT2D eigenvalue weighted by Crippen LogP contribution is 2.22. The van der Waals surface area contributed by atoms with E-state index >= 15 is 0 Å².